The Balaban J connectivity index is 1.93. The van der Waals surface area contributed by atoms with Crippen LogP contribution in [0.25, 0.3) is 0 Å². The van der Waals surface area contributed by atoms with E-state index >= 15 is 0 Å². The summed E-state index contributed by atoms with van der Waals surface area (Å²) >= 11 is 0. The van der Waals surface area contributed by atoms with Crippen molar-refractivity contribution in [1.29, 1.82) is 0 Å². The molecular formula is C15H13N3O4. The zero-order valence-corrected chi connectivity index (χ0v) is 12.1. The van der Waals surface area contributed by atoms with Crippen LogP contribution in [0.1, 0.15) is 12.5 Å². The summed E-state index contributed by atoms with van der Waals surface area (Å²) in [5.41, 5.74) is 1.29. The minimum Gasteiger partial charge on any atom is -0.461 e. The van der Waals surface area contributed by atoms with Crippen molar-refractivity contribution in [2.45, 2.75) is 13.8 Å². The number of hydrogen-bond acceptors (Lipinski definition) is 6. The van der Waals surface area contributed by atoms with Crippen LogP contribution in [0.5, 0.6) is 0 Å². The molecule has 0 unspecified atom stereocenters. The Morgan fingerprint density at radius 3 is 2.55 bits per heavy atom. The molecule has 1 aromatic carbocycles. The van der Waals surface area contributed by atoms with Crippen LogP contribution in [0, 0.1) is 12.8 Å². The van der Waals surface area contributed by atoms with Gasteiger partial charge in [-0.1, -0.05) is 17.7 Å². The predicted octanol–water partition coefficient (Wildman–Crippen LogP) is 0.858. The number of aryl methyl sites for hydroxylation is 1. The molecule has 2 heterocycles. The highest BCUT2D eigenvalue weighted by atomic mass is 16.5. The Hall–Kier alpha value is -2.83. The summed E-state index contributed by atoms with van der Waals surface area (Å²) < 4.78 is 4.85. The average molecular weight is 299 g/mol. The van der Waals surface area contributed by atoms with Crippen molar-refractivity contribution in [3.05, 3.63) is 29.8 Å². The third-order valence-electron chi connectivity index (χ3n) is 3.48. The molecule has 0 radical (unpaired) electrons. The van der Waals surface area contributed by atoms with Gasteiger partial charge in [-0.25, -0.2) is 9.69 Å². The molecule has 7 heteroatoms. The zero-order chi connectivity index (χ0) is 15.9. The van der Waals surface area contributed by atoms with E-state index in [0.29, 0.717) is 5.69 Å². The highest BCUT2D eigenvalue weighted by molar-refractivity contribution is 6.66. The second-order valence-corrected chi connectivity index (χ2v) is 4.94. The van der Waals surface area contributed by atoms with Crippen LogP contribution in [0.2, 0.25) is 0 Å². The summed E-state index contributed by atoms with van der Waals surface area (Å²) in [7, 11) is 0. The third-order valence-corrected chi connectivity index (χ3v) is 3.48. The van der Waals surface area contributed by atoms with Gasteiger partial charge in [-0.3, -0.25) is 9.59 Å². The van der Waals surface area contributed by atoms with Crippen molar-refractivity contribution < 1.29 is 19.1 Å². The first-order valence-corrected chi connectivity index (χ1v) is 6.82. The number of ether oxygens (including phenoxy) is 1. The number of anilines is 1. The first-order chi connectivity index (χ1) is 10.5. The highest BCUT2D eigenvalue weighted by Crippen LogP contribution is 2.29. The Bertz CT molecular complexity index is 734. The van der Waals surface area contributed by atoms with Crippen LogP contribution < -0.4 is 4.90 Å². The topological polar surface area (TPSA) is 88.4 Å². The predicted molar refractivity (Wildman–Crippen MR) is 78.7 cm³/mol. The first-order valence-electron chi connectivity index (χ1n) is 6.82. The molecule has 22 heavy (non-hydrogen) atoms. The maximum absolute atomic E-state index is 12.5. The maximum atomic E-state index is 12.5. The zero-order valence-electron chi connectivity index (χ0n) is 12.1. The van der Waals surface area contributed by atoms with Gasteiger partial charge in [0, 0.05) is 0 Å². The largest absolute Gasteiger partial charge is 0.461 e. The summed E-state index contributed by atoms with van der Waals surface area (Å²) in [6.07, 6.45) is 0. The molecule has 112 valence electrons. The van der Waals surface area contributed by atoms with Crippen LogP contribution in [0.3, 0.4) is 0 Å². The number of amides is 2. The molecule has 2 aliphatic heterocycles. The van der Waals surface area contributed by atoms with Crippen molar-refractivity contribution in [1.82, 2.24) is 0 Å². The lowest BCUT2D eigenvalue weighted by Crippen LogP contribution is -2.35. The van der Waals surface area contributed by atoms with Crippen molar-refractivity contribution >= 4 is 34.9 Å². The molecule has 2 amide bonds. The van der Waals surface area contributed by atoms with Crippen LogP contribution in [-0.2, 0) is 19.1 Å². The minimum absolute atomic E-state index is 0.0337. The average Bonchev–Trinajstić information content (AvgIpc) is 3.03. The van der Waals surface area contributed by atoms with E-state index in [0.717, 1.165) is 10.5 Å². The first kappa shape index (κ1) is 14.1. The Morgan fingerprint density at radius 1 is 1.23 bits per heavy atom. The number of carbonyl (C=O) groups is 3. The number of esters is 1. The van der Waals surface area contributed by atoms with Gasteiger partial charge < -0.3 is 4.74 Å². The Morgan fingerprint density at radius 2 is 1.91 bits per heavy atom. The summed E-state index contributed by atoms with van der Waals surface area (Å²) in [5, 5.41) is 7.34. The molecule has 2 aliphatic rings. The van der Waals surface area contributed by atoms with Crippen LogP contribution in [0.15, 0.2) is 34.5 Å². The van der Waals surface area contributed by atoms with Gasteiger partial charge >= 0.3 is 5.97 Å². The van der Waals surface area contributed by atoms with Gasteiger partial charge in [-0.05, 0) is 26.0 Å². The van der Waals surface area contributed by atoms with E-state index in [1.807, 2.05) is 6.92 Å². The number of imide groups is 1. The Kier molecular flexibility index (Phi) is 3.32. The smallest absolute Gasteiger partial charge is 0.355 e. The van der Waals surface area contributed by atoms with Gasteiger partial charge in [0.25, 0.3) is 5.91 Å². The van der Waals surface area contributed by atoms with Gasteiger partial charge in [0.2, 0.25) is 5.91 Å². The van der Waals surface area contributed by atoms with Crippen molar-refractivity contribution in [2.75, 3.05) is 11.5 Å². The number of rotatable bonds is 3. The number of carbonyl (C=O) groups excluding carboxylic acids is 3. The fraction of sp³-hybridized carbons (Fsp3) is 0.267. The molecule has 0 N–H and O–H groups in total. The second-order valence-electron chi connectivity index (χ2n) is 4.94. The number of benzene rings is 1. The van der Waals surface area contributed by atoms with E-state index < -0.39 is 23.7 Å². The summed E-state index contributed by atoms with van der Waals surface area (Å²) in [5.74, 6) is -2.87. The lowest BCUT2D eigenvalue weighted by molar-refractivity contribution is -0.136. The summed E-state index contributed by atoms with van der Waals surface area (Å²) in [4.78, 5) is 37.7. The summed E-state index contributed by atoms with van der Waals surface area (Å²) in [6.45, 7) is 3.71. The molecule has 3 rings (SSSR count). The van der Waals surface area contributed by atoms with Gasteiger partial charge in [-0.15, -0.1) is 10.2 Å². The highest BCUT2D eigenvalue weighted by Gasteiger charge is 2.52. The van der Waals surface area contributed by atoms with Gasteiger partial charge in [0.05, 0.1) is 12.3 Å². The fourth-order valence-corrected chi connectivity index (χ4v) is 2.40. The molecule has 1 aromatic rings. The van der Waals surface area contributed by atoms with Crippen LogP contribution in [-0.4, -0.2) is 35.8 Å². The van der Waals surface area contributed by atoms with Gasteiger partial charge in [0.15, 0.2) is 5.71 Å². The number of hydrogen-bond donors (Lipinski definition) is 0. The molecule has 0 saturated carbocycles. The molecule has 7 nitrogen and oxygen atoms in total. The lowest BCUT2D eigenvalue weighted by atomic mass is 10.0. The monoisotopic (exact) mass is 299 g/mol. The normalized spacial score (nSPS) is 19.9. The number of fused-ring (bicyclic) bond motifs is 1. The van der Waals surface area contributed by atoms with E-state index in [1.54, 1.807) is 31.2 Å². The molecule has 1 saturated heterocycles. The third kappa shape index (κ3) is 2.02. The molecular weight excluding hydrogens is 286 g/mol. The fourth-order valence-electron chi connectivity index (χ4n) is 2.40. The van der Waals surface area contributed by atoms with Crippen LogP contribution in [0.4, 0.5) is 5.69 Å². The van der Waals surface area contributed by atoms with E-state index in [1.165, 1.54) is 0 Å². The molecule has 1 atom stereocenters. The molecule has 1 fully saturated rings. The molecule has 0 spiro atoms. The van der Waals surface area contributed by atoms with Crippen molar-refractivity contribution in [2.24, 2.45) is 16.1 Å². The molecule has 0 aliphatic carbocycles. The maximum Gasteiger partial charge on any atom is 0.355 e. The molecule has 0 bridgehead atoms. The molecule has 0 aromatic heterocycles. The standard InChI is InChI=1S/C15H13N3O4/c1-3-22-15(21)12-10-11(16-17-12)14(20)18(13(10)19)9-6-4-8(2)5-7-9/h4-7,10H,3H2,1-2H3/t10-/m0/s1. The van der Waals surface area contributed by atoms with Crippen molar-refractivity contribution in [3.8, 4) is 0 Å². The number of nitrogens with zero attached hydrogens (tertiary/aromatic N) is 3. The minimum atomic E-state index is -1.06. The SMILES string of the molecule is CCOC(=O)C1=NN=C2C(=O)N(c3ccc(C)cc3)C(=O)[C@H]12. The summed E-state index contributed by atoms with van der Waals surface area (Å²) in [6, 6.07) is 6.94. The van der Waals surface area contributed by atoms with Crippen molar-refractivity contribution in [3.63, 3.8) is 0 Å². The van der Waals surface area contributed by atoms with Crippen LogP contribution >= 0.6 is 0 Å². The van der Waals surface area contributed by atoms with E-state index in [9.17, 15) is 14.4 Å². The van der Waals surface area contributed by atoms with Gasteiger partial charge in [-0.2, -0.15) is 0 Å². The van der Waals surface area contributed by atoms with E-state index in [-0.39, 0.29) is 18.0 Å². The Labute approximate surface area is 126 Å². The second kappa shape index (κ2) is 5.18. The van der Waals surface area contributed by atoms with E-state index in [4.69, 9.17) is 4.74 Å². The van der Waals surface area contributed by atoms with Gasteiger partial charge in [0.1, 0.15) is 11.6 Å². The quantitative estimate of drug-likeness (QED) is 0.611. The lowest BCUT2D eigenvalue weighted by Gasteiger charge is -2.14. The van der Waals surface area contributed by atoms with E-state index in [2.05, 4.69) is 10.2 Å².